The van der Waals surface area contributed by atoms with Crippen LogP contribution in [0.5, 0.6) is 0 Å². The van der Waals surface area contributed by atoms with Gasteiger partial charge < -0.3 is 10.6 Å². The molecule has 1 heterocycles. The van der Waals surface area contributed by atoms with Gasteiger partial charge in [0.05, 0.1) is 0 Å². The summed E-state index contributed by atoms with van der Waals surface area (Å²) in [5.41, 5.74) is 0. The second-order valence-corrected chi connectivity index (χ2v) is 6.33. The number of hydrogen-bond donors (Lipinski definition) is 2. The van der Waals surface area contributed by atoms with Gasteiger partial charge in [0.25, 0.3) is 0 Å². The first-order valence-corrected chi connectivity index (χ1v) is 7.49. The smallest absolute Gasteiger partial charge is 0.135 e. The van der Waals surface area contributed by atoms with E-state index in [0.717, 1.165) is 29.3 Å². The van der Waals surface area contributed by atoms with Crippen molar-refractivity contribution in [1.82, 2.24) is 9.97 Å². The number of fused-ring (bicyclic) bond motifs is 2. The number of anilines is 2. The highest BCUT2D eigenvalue weighted by atomic mass is 15.1. The van der Waals surface area contributed by atoms with Gasteiger partial charge in [-0.2, -0.15) is 0 Å². The van der Waals surface area contributed by atoms with Crippen molar-refractivity contribution in [2.45, 2.75) is 51.5 Å². The number of aromatic nitrogens is 2. The summed E-state index contributed by atoms with van der Waals surface area (Å²) in [6.45, 7) is 4.27. The van der Waals surface area contributed by atoms with Crippen LogP contribution in [0.1, 0.15) is 51.3 Å². The summed E-state index contributed by atoms with van der Waals surface area (Å²) >= 11 is 0. The minimum atomic E-state index is 0.355. The average molecular weight is 260 g/mol. The van der Waals surface area contributed by atoms with Crippen LogP contribution in [0.3, 0.4) is 0 Å². The molecule has 0 aromatic carbocycles. The van der Waals surface area contributed by atoms with Crippen molar-refractivity contribution in [3.8, 4) is 0 Å². The highest BCUT2D eigenvalue weighted by Gasteiger charge is 2.39. The minimum absolute atomic E-state index is 0.355. The quantitative estimate of drug-likeness (QED) is 0.872. The van der Waals surface area contributed by atoms with Crippen LogP contribution in [0.2, 0.25) is 0 Å². The van der Waals surface area contributed by atoms with Crippen molar-refractivity contribution >= 4 is 11.6 Å². The Labute approximate surface area is 115 Å². The monoisotopic (exact) mass is 260 g/mol. The van der Waals surface area contributed by atoms with Gasteiger partial charge in [-0.15, -0.1) is 0 Å². The van der Waals surface area contributed by atoms with Gasteiger partial charge in [0.15, 0.2) is 0 Å². The van der Waals surface area contributed by atoms with Gasteiger partial charge in [0.2, 0.25) is 0 Å². The van der Waals surface area contributed by atoms with Gasteiger partial charge in [0, 0.05) is 25.1 Å². The molecule has 104 valence electrons. The van der Waals surface area contributed by atoms with Crippen LogP contribution in [0, 0.1) is 11.8 Å². The first-order valence-electron chi connectivity index (χ1n) is 7.49. The molecule has 3 atom stereocenters. The highest BCUT2D eigenvalue weighted by molar-refractivity contribution is 5.48. The van der Waals surface area contributed by atoms with Crippen molar-refractivity contribution in [2.24, 2.45) is 11.8 Å². The lowest BCUT2D eigenvalue weighted by molar-refractivity contribution is 0.438. The Morgan fingerprint density at radius 3 is 2.53 bits per heavy atom. The molecule has 1 aromatic rings. The third kappa shape index (κ3) is 2.53. The summed E-state index contributed by atoms with van der Waals surface area (Å²) < 4.78 is 0. The molecular weight excluding hydrogens is 236 g/mol. The van der Waals surface area contributed by atoms with Gasteiger partial charge >= 0.3 is 0 Å². The number of nitrogens with zero attached hydrogens (tertiary/aromatic N) is 2. The van der Waals surface area contributed by atoms with Crippen LogP contribution in [-0.4, -0.2) is 23.1 Å². The Morgan fingerprint density at radius 1 is 1.16 bits per heavy atom. The van der Waals surface area contributed by atoms with Gasteiger partial charge in [0.1, 0.15) is 17.5 Å². The maximum absolute atomic E-state index is 4.67. The summed E-state index contributed by atoms with van der Waals surface area (Å²) in [5.74, 6) is 4.98. The maximum atomic E-state index is 4.67. The molecule has 2 fully saturated rings. The fourth-order valence-electron chi connectivity index (χ4n) is 3.54. The lowest BCUT2D eigenvalue weighted by Gasteiger charge is -2.24. The molecule has 0 spiro atoms. The van der Waals surface area contributed by atoms with Crippen LogP contribution in [0.15, 0.2) is 6.07 Å². The lowest BCUT2D eigenvalue weighted by atomic mass is 9.95. The number of hydrogen-bond acceptors (Lipinski definition) is 4. The molecule has 4 nitrogen and oxygen atoms in total. The highest BCUT2D eigenvalue weighted by Crippen LogP contribution is 2.45. The standard InChI is InChI=1S/C15H24N4/c1-9(2)15-18-13(16-3)8-14(19-15)17-12-7-10-4-5-11(12)6-10/h8-12H,4-7H2,1-3H3,(H2,16,17,18,19). The van der Waals surface area contributed by atoms with E-state index in [-0.39, 0.29) is 0 Å². The summed E-state index contributed by atoms with van der Waals surface area (Å²) in [5, 5.41) is 6.78. The van der Waals surface area contributed by atoms with E-state index in [1.54, 1.807) is 0 Å². The van der Waals surface area contributed by atoms with Crippen LogP contribution in [0.4, 0.5) is 11.6 Å². The Morgan fingerprint density at radius 2 is 1.95 bits per heavy atom. The molecule has 19 heavy (non-hydrogen) atoms. The molecule has 2 N–H and O–H groups in total. The molecule has 3 unspecified atom stereocenters. The number of nitrogens with one attached hydrogen (secondary N) is 2. The van der Waals surface area contributed by atoms with Gasteiger partial charge in [-0.25, -0.2) is 9.97 Å². The Bertz CT molecular complexity index is 457. The summed E-state index contributed by atoms with van der Waals surface area (Å²) in [7, 11) is 1.91. The normalized spacial score (nSPS) is 28.9. The molecule has 0 saturated heterocycles. The molecule has 2 aliphatic rings. The zero-order chi connectivity index (χ0) is 13.4. The van der Waals surface area contributed by atoms with E-state index >= 15 is 0 Å². The molecule has 2 aliphatic carbocycles. The molecular formula is C15H24N4. The lowest BCUT2D eigenvalue weighted by Crippen LogP contribution is -2.26. The summed E-state index contributed by atoms with van der Waals surface area (Å²) in [6.07, 6.45) is 5.56. The molecule has 2 saturated carbocycles. The Balaban J connectivity index is 1.78. The van der Waals surface area contributed by atoms with Crippen molar-refractivity contribution < 1.29 is 0 Å². The molecule has 0 amide bonds. The van der Waals surface area contributed by atoms with E-state index in [1.165, 1.54) is 25.7 Å². The molecule has 2 bridgehead atoms. The fourth-order valence-corrected chi connectivity index (χ4v) is 3.54. The molecule has 0 radical (unpaired) electrons. The zero-order valence-corrected chi connectivity index (χ0v) is 12.1. The van der Waals surface area contributed by atoms with Crippen LogP contribution >= 0.6 is 0 Å². The second kappa shape index (κ2) is 4.99. The topological polar surface area (TPSA) is 49.8 Å². The predicted octanol–water partition coefficient (Wildman–Crippen LogP) is 3.24. The van der Waals surface area contributed by atoms with Crippen LogP contribution in [0.25, 0.3) is 0 Å². The average Bonchev–Trinajstić information content (AvgIpc) is 3.00. The second-order valence-electron chi connectivity index (χ2n) is 6.33. The van der Waals surface area contributed by atoms with Gasteiger partial charge in [-0.1, -0.05) is 20.3 Å². The first-order chi connectivity index (χ1) is 9.15. The molecule has 1 aromatic heterocycles. The molecule has 4 heteroatoms. The fraction of sp³-hybridized carbons (Fsp3) is 0.733. The van der Waals surface area contributed by atoms with Crippen LogP contribution in [-0.2, 0) is 0 Å². The SMILES string of the molecule is CNc1cc(NC2CC3CCC2C3)nc(C(C)C)n1. The summed E-state index contributed by atoms with van der Waals surface area (Å²) in [4.78, 5) is 9.18. The third-order valence-electron chi connectivity index (χ3n) is 4.59. The molecule has 3 rings (SSSR count). The van der Waals surface area contributed by atoms with E-state index in [2.05, 4.69) is 34.4 Å². The summed E-state index contributed by atoms with van der Waals surface area (Å²) in [6, 6.07) is 2.65. The third-order valence-corrected chi connectivity index (χ3v) is 4.59. The van der Waals surface area contributed by atoms with E-state index in [1.807, 2.05) is 13.1 Å². The Kier molecular flexibility index (Phi) is 3.33. The first kappa shape index (κ1) is 12.7. The predicted molar refractivity (Wildman–Crippen MR) is 78.5 cm³/mol. The minimum Gasteiger partial charge on any atom is -0.373 e. The van der Waals surface area contributed by atoms with Gasteiger partial charge in [-0.05, 0) is 31.1 Å². The maximum Gasteiger partial charge on any atom is 0.135 e. The van der Waals surface area contributed by atoms with Crippen molar-refractivity contribution in [1.29, 1.82) is 0 Å². The van der Waals surface area contributed by atoms with Crippen molar-refractivity contribution in [2.75, 3.05) is 17.7 Å². The van der Waals surface area contributed by atoms with E-state index in [0.29, 0.717) is 12.0 Å². The van der Waals surface area contributed by atoms with E-state index in [4.69, 9.17) is 0 Å². The van der Waals surface area contributed by atoms with Crippen molar-refractivity contribution in [3.63, 3.8) is 0 Å². The van der Waals surface area contributed by atoms with E-state index in [9.17, 15) is 0 Å². The van der Waals surface area contributed by atoms with Gasteiger partial charge in [-0.3, -0.25) is 0 Å². The van der Waals surface area contributed by atoms with E-state index < -0.39 is 0 Å². The van der Waals surface area contributed by atoms with Crippen LogP contribution < -0.4 is 10.6 Å². The Hall–Kier alpha value is -1.32. The zero-order valence-electron chi connectivity index (χ0n) is 12.1. The molecule has 0 aliphatic heterocycles. The van der Waals surface area contributed by atoms with Crippen molar-refractivity contribution in [3.05, 3.63) is 11.9 Å². The largest absolute Gasteiger partial charge is 0.373 e. The number of rotatable bonds is 4.